The van der Waals surface area contributed by atoms with Crippen LogP contribution in [-0.2, 0) is 6.54 Å². The predicted octanol–water partition coefficient (Wildman–Crippen LogP) is 2.97. The van der Waals surface area contributed by atoms with E-state index in [-0.39, 0.29) is 0 Å². The summed E-state index contributed by atoms with van der Waals surface area (Å²) in [6.45, 7) is 5.11. The standard InChI is InChI=1S/C16H19NO4/c1-3-20-13-6-4-5-7-14(13)21-11-10-17-9-8-12(2)15(17)16(18)19/h4-9H,3,10-11H2,1-2H3,(H,18,19). The van der Waals surface area contributed by atoms with Crippen molar-refractivity contribution in [3.63, 3.8) is 0 Å². The largest absolute Gasteiger partial charge is 0.490 e. The number of carboxylic acid groups (broad SMARTS) is 1. The Morgan fingerprint density at radius 3 is 2.48 bits per heavy atom. The Hall–Kier alpha value is -2.43. The van der Waals surface area contributed by atoms with Gasteiger partial charge in [-0.2, -0.15) is 0 Å². The van der Waals surface area contributed by atoms with Crippen LogP contribution in [-0.4, -0.2) is 28.9 Å². The second kappa shape index (κ2) is 6.83. The third-order valence-electron chi connectivity index (χ3n) is 3.11. The van der Waals surface area contributed by atoms with Gasteiger partial charge in [-0.05, 0) is 37.6 Å². The molecule has 0 spiro atoms. The van der Waals surface area contributed by atoms with E-state index in [4.69, 9.17) is 9.47 Å². The summed E-state index contributed by atoms with van der Waals surface area (Å²) in [5.74, 6) is 0.439. The van der Waals surface area contributed by atoms with Crippen LogP contribution >= 0.6 is 0 Å². The second-order valence-electron chi connectivity index (χ2n) is 4.57. The molecule has 5 nitrogen and oxygen atoms in total. The molecule has 0 bridgehead atoms. The van der Waals surface area contributed by atoms with Crippen LogP contribution in [0.1, 0.15) is 23.0 Å². The van der Waals surface area contributed by atoms with E-state index in [1.165, 1.54) is 0 Å². The number of benzene rings is 1. The number of aryl methyl sites for hydroxylation is 1. The van der Waals surface area contributed by atoms with Gasteiger partial charge in [-0.3, -0.25) is 0 Å². The zero-order valence-electron chi connectivity index (χ0n) is 12.2. The van der Waals surface area contributed by atoms with E-state index in [0.29, 0.717) is 37.0 Å². The van der Waals surface area contributed by atoms with Gasteiger partial charge >= 0.3 is 5.97 Å². The van der Waals surface area contributed by atoms with Gasteiger partial charge in [0.2, 0.25) is 0 Å². The third kappa shape index (κ3) is 3.56. The minimum Gasteiger partial charge on any atom is -0.490 e. The number of carbonyl (C=O) groups is 1. The van der Waals surface area contributed by atoms with E-state index in [1.54, 1.807) is 23.8 Å². The fourth-order valence-electron chi connectivity index (χ4n) is 2.16. The van der Waals surface area contributed by atoms with Crippen molar-refractivity contribution < 1.29 is 19.4 Å². The van der Waals surface area contributed by atoms with Crippen LogP contribution in [0.2, 0.25) is 0 Å². The highest BCUT2D eigenvalue weighted by Gasteiger charge is 2.13. The van der Waals surface area contributed by atoms with Crippen LogP contribution in [0, 0.1) is 6.92 Å². The monoisotopic (exact) mass is 289 g/mol. The first-order chi connectivity index (χ1) is 10.1. The molecule has 5 heteroatoms. The van der Waals surface area contributed by atoms with E-state index < -0.39 is 5.97 Å². The van der Waals surface area contributed by atoms with Crippen molar-refractivity contribution in [3.8, 4) is 11.5 Å². The van der Waals surface area contributed by atoms with Crippen LogP contribution < -0.4 is 9.47 Å². The fraction of sp³-hybridized carbons (Fsp3) is 0.312. The maximum Gasteiger partial charge on any atom is 0.352 e. The molecule has 0 saturated carbocycles. The molecule has 0 aliphatic rings. The smallest absolute Gasteiger partial charge is 0.352 e. The summed E-state index contributed by atoms with van der Waals surface area (Å²) in [5, 5.41) is 9.18. The molecule has 0 aliphatic heterocycles. The Morgan fingerprint density at radius 2 is 1.86 bits per heavy atom. The molecule has 0 radical (unpaired) electrons. The average Bonchev–Trinajstić information content (AvgIpc) is 2.82. The Bertz CT molecular complexity index is 618. The molecule has 1 aromatic carbocycles. The van der Waals surface area contributed by atoms with Crippen molar-refractivity contribution in [2.45, 2.75) is 20.4 Å². The molecule has 0 fully saturated rings. The first kappa shape index (κ1) is 15.0. The fourth-order valence-corrected chi connectivity index (χ4v) is 2.16. The van der Waals surface area contributed by atoms with Gasteiger partial charge in [0.1, 0.15) is 12.3 Å². The number of hydrogen-bond acceptors (Lipinski definition) is 3. The lowest BCUT2D eigenvalue weighted by Gasteiger charge is -2.12. The summed E-state index contributed by atoms with van der Waals surface area (Å²) >= 11 is 0. The Kier molecular flexibility index (Phi) is 4.87. The van der Waals surface area contributed by atoms with E-state index >= 15 is 0 Å². The van der Waals surface area contributed by atoms with Crippen LogP contribution in [0.5, 0.6) is 11.5 Å². The lowest BCUT2D eigenvalue weighted by Crippen LogP contribution is -2.14. The van der Waals surface area contributed by atoms with E-state index in [0.717, 1.165) is 5.56 Å². The SMILES string of the molecule is CCOc1ccccc1OCCn1ccc(C)c1C(=O)O. The van der Waals surface area contributed by atoms with Gasteiger partial charge in [-0.1, -0.05) is 12.1 Å². The second-order valence-corrected chi connectivity index (χ2v) is 4.57. The maximum atomic E-state index is 11.2. The van der Waals surface area contributed by atoms with Crippen LogP contribution in [0.4, 0.5) is 0 Å². The van der Waals surface area contributed by atoms with Crippen LogP contribution in [0.3, 0.4) is 0 Å². The summed E-state index contributed by atoms with van der Waals surface area (Å²) in [6.07, 6.45) is 1.76. The van der Waals surface area contributed by atoms with Crippen molar-refractivity contribution in [2.24, 2.45) is 0 Å². The molecule has 21 heavy (non-hydrogen) atoms. The summed E-state index contributed by atoms with van der Waals surface area (Å²) in [5.41, 5.74) is 1.05. The van der Waals surface area contributed by atoms with Crippen molar-refractivity contribution in [2.75, 3.05) is 13.2 Å². The number of hydrogen-bond donors (Lipinski definition) is 1. The summed E-state index contributed by atoms with van der Waals surface area (Å²) in [6, 6.07) is 9.24. The van der Waals surface area contributed by atoms with E-state index in [1.807, 2.05) is 31.2 Å². The molecule has 112 valence electrons. The normalized spacial score (nSPS) is 10.4. The third-order valence-corrected chi connectivity index (χ3v) is 3.11. The van der Waals surface area contributed by atoms with Gasteiger partial charge in [0.15, 0.2) is 11.5 Å². The molecule has 0 aliphatic carbocycles. The van der Waals surface area contributed by atoms with Gasteiger partial charge < -0.3 is 19.1 Å². The zero-order chi connectivity index (χ0) is 15.2. The van der Waals surface area contributed by atoms with Crippen LogP contribution in [0.25, 0.3) is 0 Å². The van der Waals surface area contributed by atoms with Gasteiger partial charge in [0, 0.05) is 6.20 Å². The summed E-state index contributed by atoms with van der Waals surface area (Å²) < 4.78 is 12.9. The lowest BCUT2D eigenvalue weighted by molar-refractivity contribution is 0.0683. The van der Waals surface area contributed by atoms with Gasteiger partial charge in [-0.15, -0.1) is 0 Å². The first-order valence-electron chi connectivity index (χ1n) is 6.87. The Morgan fingerprint density at radius 1 is 1.19 bits per heavy atom. The van der Waals surface area contributed by atoms with Crippen molar-refractivity contribution in [1.82, 2.24) is 4.57 Å². The predicted molar refractivity (Wildman–Crippen MR) is 79.2 cm³/mol. The van der Waals surface area contributed by atoms with Gasteiger partial charge in [-0.25, -0.2) is 4.79 Å². The molecule has 0 saturated heterocycles. The highest BCUT2D eigenvalue weighted by molar-refractivity contribution is 5.87. The highest BCUT2D eigenvalue weighted by Crippen LogP contribution is 2.26. The number of rotatable bonds is 7. The quantitative estimate of drug-likeness (QED) is 0.851. The number of para-hydroxylation sites is 2. The molecular formula is C16H19NO4. The molecule has 1 N–H and O–H groups in total. The molecule has 2 aromatic rings. The van der Waals surface area contributed by atoms with E-state index in [9.17, 15) is 9.90 Å². The molecule has 0 amide bonds. The van der Waals surface area contributed by atoms with Crippen LogP contribution in [0.15, 0.2) is 36.5 Å². The maximum absolute atomic E-state index is 11.2. The number of ether oxygens (including phenoxy) is 2. The first-order valence-corrected chi connectivity index (χ1v) is 6.87. The van der Waals surface area contributed by atoms with Crippen molar-refractivity contribution >= 4 is 5.97 Å². The molecule has 1 heterocycles. The molecule has 2 rings (SSSR count). The van der Waals surface area contributed by atoms with Crippen molar-refractivity contribution in [1.29, 1.82) is 0 Å². The van der Waals surface area contributed by atoms with Crippen molar-refractivity contribution in [3.05, 3.63) is 47.8 Å². The molecule has 1 aromatic heterocycles. The molecule has 0 unspecified atom stereocenters. The lowest BCUT2D eigenvalue weighted by atomic mass is 10.3. The highest BCUT2D eigenvalue weighted by atomic mass is 16.5. The topological polar surface area (TPSA) is 60.7 Å². The zero-order valence-corrected chi connectivity index (χ0v) is 12.2. The minimum atomic E-state index is -0.924. The average molecular weight is 289 g/mol. The number of nitrogens with zero attached hydrogens (tertiary/aromatic N) is 1. The Labute approximate surface area is 123 Å². The number of aromatic nitrogens is 1. The Balaban J connectivity index is 2.01. The van der Waals surface area contributed by atoms with Gasteiger partial charge in [0.25, 0.3) is 0 Å². The van der Waals surface area contributed by atoms with E-state index in [2.05, 4.69) is 0 Å². The summed E-state index contributed by atoms with van der Waals surface area (Å²) in [4.78, 5) is 11.2. The molecule has 0 atom stereocenters. The number of carboxylic acids is 1. The van der Waals surface area contributed by atoms with Gasteiger partial charge in [0.05, 0.1) is 13.2 Å². The minimum absolute atomic E-state index is 0.302. The number of aromatic carboxylic acids is 1. The summed E-state index contributed by atoms with van der Waals surface area (Å²) in [7, 11) is 0. The molecular weight excluding hydrogens is 270 g/mol.